The maximum Gasteiger partial charge on any atom is 0.250 e. The van der Waals surface area contributed by atoms with Crippen LogP contribution in [0, 0.1) is 12.3 Å². The van der Waals surface area contributed by atoms with Gasteiger partial charge >= 0.3 is 0 Å². The van der Waals surface area contributed by atoms with Crippen LogP contribution in [-0.2, 0) is 43.2 Å². The molecule has 9 heteroatoms. The molecule has 0 aromatic heterocycles. The topological polar surface area (TPSA) is 126 Å². The van der Waals surface area contributed by atoms with E-state index in [1.165, 1.54) is 22.3 Å². The number of ether oxygens (including phenoxy) is 1. The number of anilines is 1. The van der Waals surface area contributed by atoms with E-state index < -0.39 is 11.0 Å². The SMILES string of the molecule is Cc1cccc(CCCNC(=O)COCC(=O)Nc2ccc(CCC(=O)NC(C)(C)CC(C)(C)C(=O)NCCCCc3ccc(C(C)C)cc3)cc2)c1. The van der Waals surface area contributed by atoms with Gasteiger partial charge in [0.15, 0.2) is 0 Å². The number of carbonyl (C=O) groups excluding carboxylic acids is 4. The molecule has 0 unspecified atom stereocenters. The van der Waals surface area contributed by atoms with Crippen LogP contribution in [0.1, 0.15) is 107 Å². The van der Waals surface area contributed by atoms with Gasteiger partial charge in [-0.3, -0.25) is 19.2 Å². The summed E-state index contributed by atoms with van der Waals surface area (Å²) in [4.78, 5) is 50.3. The van der Waals surface area contributed by atoms with Crippen molar-refractivity contribution >= 4 is 29.3 Å². The van der Waals surface area contributed by atoms with Crippen molar-refractivity contribution in [3.05, 3.63) is 101 Å². The van der Waals surface area contributed by atoms with Gasteiger partial charge in [-0.1, -0.05) is 93.9 Å². The molecule has 0 saturated carbocycles. The smallest absolute Gasteiger partial charge is 0.250 e. The predicted octanol–water partition coefficient (Wildman–Crippen LogP) is 7.21. The lowest BCUT2D eigenvalue weighted by atomic mass is 9.79. The molecule has 0 aliphatic carbocycles. The fourth-order valence-electron chi connectivity index (χ4n) is 6.52. The van der Waals surface area contributed by atoms with Crippen molar-refractivity contribution in [2.45, 2.75) is 111 Å². The first-order chi connectivity index (χ1) is 25.1. The molecule has 0 bridgehead atoms. The van der Waals surface area contributed by atoms with Gasteiger partial charge in [0.1, 0.15) is 13.2 Å². The third-order valence-electron chi connectivity index (χ3n) is 9.19. The summed E-state index contributed by atoms with van der Waals surface area (Å²) < 4.78 is 5.29. The van der Waals surface area contributed by atoms with Crippen molar-refractivity contribution in [3.8, 4) is 0 Å². The van der Waals surface area contributed by atoms with E-state index in [1.54, 1.807) is 12.1 Å². The molecule has 3 rings (SSSR count). The van der Waals surface area contributed by atoms with Gasteiger partial charge < -0.3 is 26.0 Å². The van der Waals surface area contributed by atoms with Gasteiger partial charge in [0.2, 0.25) is 23.6 Å². The third kappa shape index (κ3) is 16.8. The van der Waals surface area contributed by atoms with Gasteiger partial charge in [-0.15, -0.1) is 0 Å². The Bertz CT molecular complexity index is 1610. The molecule has 3 aromatic rings. The van der Waals surface area contributed by atoms with Gasteiger partial charge in [0, 0.05) is 36.2 Å². The number of benzene rings is 3. The Morgan fingerprint density at radius 2 is 1.30 bits per heavy atom. The van der Waals surface area contributed by atoms with Gasteiger partial charge in [0.25, 0.3) is 0 Å². The summed E-state index contributed by atoms with van der Waals surface area (Å²) in [7, 11) is 0. The number of hydrogen-bond acceptors (Lipinski definition) is 5. The minimum Gasteiger partial charge on any atom is -0.362 e. The van der Waals surface area contributed by atoms with E-state index in [2.05, 4.69) is 84.5 Å². The molecule has 4 N–H and O–H groups in total. The molecule has 3 aromatic carbocycles. The molecule has 0 heterocycles. The van der Waals surface area contributed by atoms with Gasteiger partial charge in [-0.25, -0.2) is 0 Å². The first-order valence-electron chi connectivity index (χ1n) is 19.1. The van der Waals surface area contributed by atoms with Gasteiger partial charge in [-0.05, 0) is 106 Å². The van der Waals surface area contributed by atoms with E-state index in [-0.39, 0.29) is 36.8 Å². The zero-order chi connectivity index (χ0) is 38.9. The highest BCUT2D eigenvalue weighted by Gasteiger charge is 2.35. The summed E-state index contributed by atoms with van der Waals surface area (Å²) >= 11 is 0. The van der Waals surface area contributed by atoms with Crippen LogP contribution in [-0.4, -0.2) is 55.5 Å². The van der Waals surface area contributed by atoms with Crippen molar-refractivity contribution < 1.29 is 23.9 Å². The minimum atomic E-state index is -0.650. The molecule has 0 spiro atoms. The Hall–Kier alpha value is -4.50. The predicted molar refractivity (Wildman–Crippen MR) is 214 cm³/mol. The Labute approximate surface area is 317 Å². The van der Waals surface area contributed by atoms with Gasteiger partial charge in [-0.2, -0.15) is 0 Å². The standard InChI is InChI=1S/C44H62N4O5/c1-32(2)37-21-16-34(17-22-37)13-8-9-26-46-42(52)43(4,5)31-44(6,7)48-39(49)25-20-35-18-23-38(24-19-35)47-41(51)30-53-29-40(50)45-27-11-15-36-14-10-12-33(3)28-36/h10,12,14,16-19,21-24,28,32H,8-9,11,13,15,20,25-27,29-31H2,1-7H3,(H,45,50)(H,46,52)(H,47,51)(H,48,49). The average Bonchev–Trinajstić information content (AvgIpc) is 3.09. The number of hydrogen-bond donors (Lipinski definition) is 4. The van der Waals surface area contributed by atoms with Crippen molar-refractivity contribution in [3.63, 3.8) is 0 Å². The molecule has 0 saturated heterocycles. The van der Waals surface area contributed by atoms with E-state index in [0.29, 0.717) is 44.0 Å². The fraction of sp³-hybridized carbons (Fsp3) is 0.500. The van der Waals surface area contributed by atoms with Crippen LogP contribution in [0.3, 0.4) is 0 Å². The molecule has 0 radical (unpaired) electrons. The minimum absolute atomic E-state index is 0.00875. The molecule has 0 fully saturated rings. The molecule has 0 atom stereocenters. The molecule has 288 valence electrons. The first-order valence-corrected chi connectivity index (χ1v) is 19.1. The van der Waals surface area contributed by atoms with Crippen LogP contribution in [0.2, 0.25) is 0 Å². The van der Waals surface area contributed by atoms with E-state index >= 15 is 0 Å². The largest absolute Gasteiger partial charge is 0.362 e. The van der Waals surface area contributed by atoms with Crippen molar-refractivity contribution in [2.75, 3.05) is 31.6 Å². The van der Waals surface area contributed by atoms with E-state index in [9.17, 15) is 19.2 Å². The zero-order valence-electron chi connectivity index (χ0n) is 33.0. The number of amides is 4. The summed E-state index contributed by atoms with van der Waals surface area (Å²) in [5.41, 5.74) is 5.46. The quantitative estimate of drug-likeness (QED) is 0.0815. The third-order valence-corrected chi connectivity index (χ3v) is 9.19. The molecular formula is C44H62N4O5. The molecule has 0 aliphatic heterocycles. The van der Waals surface area contributed by atoms with Crippen LogP contribution in [0.4, 0.5) is 5.69 Å². The summed E-state index contributed by atoms with van der Waals surface area (Å²) in [5.74, 6) is -0.177. The Kier molecular flexibility index (Phi) is 17.2. The molecule has 9 nitrogen and oxygen atoms in total. The second-order valence-corrected chi connectivity index (χ2v) is 15.8. The second-order valence-electron chi connectivity index (χ2n) is 15.8. The molecule has 4 amide bonds. The highest BCUT2D eigenvalue weighted by molar-refractivity contribution is 5.92. The van der Waals surface area contributed by atoms with Crippen molar-refractivity contribution in [2.24, 2.45) is 5.41 Å². The maximum absolute atomic E-state index is 13.1. The highest BCUT2D eigenvalue weighted by Crippen LogP contribution is 2.28. The van der Waals surface area contributed by atoms with Gasteiger partial charge in [0.05, 0.1) is 0 Å². The Balaban J connectivity index is 1.28. The number of carbonyl (C=O) groups is 4. The summed E-state index contributed by atoms with van der Waals surface area (Å²) in [5, 5.41) is 11.8. The van der Waals surface area contributed by atoms with Crippen LogP contribution in [0.15, 0.2) is 72.8 Å². The summed E-state index contributed by atoms with van der Waals surface area (Å²) in [6.45, 7) is 14.9. The van der Waals surface area contributed by atoms with Crippen LogP contribution in [0.5, 0.6) is 0 Å². The average molecular weight is 727 g/mol. The van der Waals surface area contributed by atoms with E-state index in [1.807, 2.05) is 45.9 Å². The van der Waals surface area contributed by atoms with Crippen LogP contribution in [0.25, 0.3) is 0 Å². The molecular weight excluding hydrogens is 665 g/mol. The van der Waals surface area contributed by atoms with E-state index in [0.717, 1.165) is 37.7 Å². The number of rotatable bonds is 22. The highest BCUT2D eigenvalue weighted by atomic mass is 16.5. The lowest BCUT2D eigenvalue weighted by Gasteiger charge is -2.34. The first kappa shape index (κ1) is 42.9. The normalized spacial score (nSPS) is 11.6. The van der Waals surface area contributed by atoms with Crippen molar-refractivity contribution in [1.82, 2.24) is 16.0 Å². The van der Waals surface area contributed by atoms with Crippen molar-refractivity contribution in [1.29, 1.82) is 0 Å². The monoisotopic (exact) mass is 726 g/mol. The Morgan fingerprint density at radius 3 is 1.98 bits per heavy atom. The van der Waals surface area contributed by atoms with Crippen LogP contribution < -0.4 is 21.3 Å². The Morgan fingerprint density at radius 1 is 0.679 bits per heavy atom. The van der Waals surface area contributed by atoms with E-state index in [4.69, 9.17) is 4.74 Å². The van der Waals surface area contributed by atoms with Crippen LogP contribution >= 0.6 is 0 Å². The summed E-state index contributed by atoms with van der Waals surface area (Å²) in [6.07, 6.45) is 5.94. The summed E-state index contributed by atoms with van der Waals surface area (Å²) in [6, 6.07) is 24.4. The maximum atomic E-state index is 13.1. The fourth-order valence-corrected chi connectivity index (χ4v) is 6.52. The number of nitrogens with one attached hydrogen (secondary N) is 4. The molecule has 0 aliphatic rings. The lowest BCUT2D eigenvalue weighted by molar-refractivity contribution is -0.131. The zero-order valence-corrected chi connectivity index (χ0v) is 33.0. The molecule has 53 heavy (non-hydrogen) atoms. The second kappa shape index (κ2) is 21.3. The number of aryl methyl sites for hydroxylation is 4. The number of unbranched alkanes of at least 4 members (excludes halogenated alkanes) is 1. The lowest BCUT2D eigenvalue weighted by Crippen LogP contribution is -2.49.